The molecule has 0 fully saturated rings. The molecular weight excluding hydrogens is 425 g/mol. The molecule has 0 atom stereocenters. The Labute approximate surface area is 172 Å². The van der Waals surface area contributed by atoms with Crippen LogP contribution >= 0.6 is 21.0 Å². The molecule has 0 saturated carbocycles. The standard InChI is InChI=1S/C15H38O6S2Si3/c1-7-16-25(17-8-2,18-9-3)15(13-14-22-23-24)26(19-10-4,20-11-5)21-12-6/h15H,7-14H2,1-6,24H3. The molecule has 0 aromatic heterocycles. The molecule has 0 aliphatic rings. The monoisotopic (exact) mass is 462 g/mol. The molecule has 0 bridgehead atoms. The first-order valence-electron chi connectivity index (χ1n) is 9.55. The van der Waals surface area contributed by atoms with Gasteiger partial charge < -0.3 is 26.6 Å². The minimum Gasteiger partial charge on any atom is -0.374 e. The van der Waals surface area contributed by atoms with Gasteiger partial charge in [-0.3, -0.25) is 0 Å². The normalized spacial score (nSPS) is 13.0. The summed E-state index contributed by atoms with van der Waals surface area (Å²) < 4.78 is 37.4. The molecule has 0 aliphatic carbocycles. The van der Waals surface area contributed by atoms with E-state index in [9.17, 15) is 0 Å². The molecular formula is C15H38O6S2Si3. The van der Waals surface area contributed by atoms with E-state index in [2.05, 4.69) is 0 Å². The molecule has 0 aromatic rings. The summed E-state index contributed by atoms with van der Waals surface area (Å²) in [5.74, 6) is 0.961. The van der Waals surface area contributed by atoms with Gasteiger partial charge in [-0.1, -0.05) is 0 Å². The molecule has 6 nitrogen and oxygen atoms in total. The molecule has 0 N–H and O–H groups in total. The summed E-state index contributed by atoms with van der Waals surface area (Å²) in [4.78, 5) is 0. The average molecular weight is 463 g/mol. The van der Waals surface area contributed by atoms with Gasteiger partial charge in [0.1, 0.15) is 5.16 Å². The highest BCUT2D eigenvalue weighted by Crippen LogP contribution is 2.41. The largest absolute Gasteiger partial charge is 0.508 e. The molecule has 26 heavy (non-hydrogen) atoms. The Morgan fingerprint density at radius 3 is 1.19 bits per heavy atom. The van der Waals surface area contributed by atoms with Gasteiger partial charge in [0, 0.05) is 45.4 Å². The lowest BCUT2D eigenvalue weighted by Gasteiger charge is -2.42. The van der Waals surface area contributed by atoms with E-state index in [0.29, 0.717) is 39.6 Å². The minimum atomic E-state index is -3.05. The van der Waals surface area contributed by atoms with Crippen molar-refractivity contribution in [3.05, 3.63) is 0 Å². The van der Waals surface area contributed by atoms with Crippen LogP contribution in [0.2, 0.25) is 5.16 Å². The van der Waals surface area contributed by atoms with Gasteiger partial charge in [0.15, 0.2) is 0 Å². The van der Waals surface area contributed by atoms with Crippen LogP contribution in [0.3, 0.4) is 0 Å². The van der Waals surface area contributed by atoms with Gasteiger partial charge in [0.25, 0.3) is 0 Å². The third-order valence-electron chi connectivity index (χ3n) is 3.53. The van der Waals surface area contributed by atoms with E-state index in [1.54, 1.807) is 0 Å². The third-order valence-corrected chi connectivity index (χ3v) is 16.1. The summed E-state index contributed by atoms with van der Waals surface area (Å²) >= 11 is 0. The van der Waals surface area contributed by atoms with Crippen LogP contribution in [0.15, 0.2) is 0 Å². The van der Waals surface area contributed by atoms with E-state index < -0.39 is 17.6 Å². The highest BCUT2D eigenvalue weighted by Gasteiger charge is 2.65. The van der Waals surface area contributed by atoms with E-state index in [-0.39, 0.29) is 5.16 Å². The Kier molecular flexibility index (Phi) is 16.6. The average Bonchev–Trinajstić information content (AvgIpc) is 2.60. The lowest BCUT2D eigenvalue weighted by Crippen LogP contribution is -2.64. The second kappa shape index (κ2) is 16.0. The first-order chi connectivity index (χ1) is 12.6. The number of hydrogen-bond donors (Lipinski definition) is 0. The van der Waals surface area contributed by atoms with Gasteiger partial charge in [-0.15, -0.1) is 21.0 Å². The summed E-state index contributed by atoms with van der Waals surface area (Å²) in [6, 6.07) is 0. The van der Waals surface area contributed by atoms with Crippen LogP contribution in [0.25, 0.3) is 0 Å². The van der Waals surface area contributed by atoms with Crippen LogP contribution in [-0.4, -0.2) is 72.4 Å². The Balaban J connectivity index is 6.10. The Bertz CT molecular complexity index is 284. The maximum Gasteiger partial charge on any atom is 0.508 e. The lowest BCUT2D eigenvalue weighted by molar-refractivity contribution is 0.0322. The number of hydrogen-bond acceptors (Lipinski definition) is 8. The van der Waals surface area contributed by atoms with Crippen LogP contribution in [-0.2, 0) is 26.6 Å². The Morgan fingerprint density at radius 1 is 0.654 bits per heavy atom. The van der Waals surface area contributed by atoms with Crippen molar-refractivity contribution in [2.75, 3.05) is 45.4 Å². The maximum absolute atomic E-state index is 6.23. The predicted molar refractivity (Wildman–Crippen MR) is 120 cm³/mol. The first-order valence-corrected chi connectivity index (χ1v) is 18.3. The van der Waals surface area contributed by atoms with E-state index in [1.165, 1.54) is 0 Å². The van der Waals surface area contributed by atoms with Crippen LogP contribution in [0, 0.1) is 0 Å². The summed E-state index contributed by atoms with van der Waals surface area (Å²) in [7, 11) is -1.24. The second-order valence-corrected chi connectivity index (χ2v) is 16.9. The van der Waals surface area contributed by atoms with Crippen LogP contribution in [0.4, 0.5) is 0 Å². The van der Waals surface area contributed by atoms with Crippen molar-refractivity contribution in [2.24, 2.45) is 0 Å². The zero-order chi connectivity index (χ0) is 19.9. The smallest absolute Gasteiger partial charge is 0.374 e. The highest BCUT2D eigenvalue weighted by molar-refractivity contribution is 8.84. The molecule has 0 rings (SSSR count). The molecule has 0 saturated heterocycles. The van der Waals surface area contributed by atoms with E-state index in [4.69, 9.17) is 26.6 Å². The Morgan fingerprint density at radius 2 is 0.962 bits per heavy atom. The topological polar surface area (TPSA) is 55.4 Å². The molecule has 0 unspecified atom stereocenters. The van der Waals surface area contributed by atoms with Gasteiger partial charge >= 0.3 is 17.6 Å². The molecule has 0 heterocycles. The van der Waals surface area contributed by atoms with Crippen LogP contribution < -0.4 is 0 Å². The molecule has 158 valence electrons. The van der Waals surface area contributed by atoms with Gasteiger partial charge in [0.2, 0.25) is 0 Å². The van der Waals surface area contributed by atoms with E-state index in [0.717, 1.165) is 21.6 Å². The predicted octanol–water partition coefficient (Wildman–Crippen LogP) is 3.04. The Hall–Kier alpha value is 1.11. The van der Waals surface area contributed by atoms with Crippen molar-refractivity contribution in [1.29, 1.82) is 0 Å². The zero-order valence-electron chi connectivity index (χ0n) is 17.5. The second-order valence-electron chi connectivity index (χ2n) is 5.14. The van der Waals surface area contributed by atoms with Gasteiger partial charge in [0.05, 0.1) is 9.39 Å². The maximum atomic E-state index is 6.23. The molecule has 0 aliphatic heterocycles. The first kappa shape index (κ1) is 27.1. The van der Waals surface area contributed by atoms with Crippen LogP contribution in [0.5, 0.6) is 0 Å². The minimum absolute atomic E-state index is 0.129. The summed E-state index contributed by atoms with van der Waals surface area (Å²) in [5, 5.41) is -0.129. The van der Waals surface area contributed by atoms with Crippen LogP contribution in [0.1, 0.15) is 48.0 Å². The SMILES string of the molecule is CCO[Si](OCC)(OCC)C(CCSS[SiH3])[Si](OCC)(OCC)OCC. The summed E-state index contributed by atoms with van der Waals surface area (Å²) in [5.41, 5.74) is 0. The van der Waals surface area contributed by atoms with Crippen molar-refractivity contribution >= 4 is 48.0 Å². The van der Waals surface area contributed by atoms with Crippen molar-refractivity contribution in [3.63, 3.8) is 0 Å². The molecule has 0 amide bonds. The van der Waals surface area contributed by atoms with Gasteiger partial charge in [-0.2, -0.15) is 0 Å². The molecule has 0 spiro atoms. The van der Waals surface area contributed by atoms with Crippen molar-refractivity contribution < 1.29 is 26.6 Å². The van der Waals surface area contributed by atoms with Crippen molar-refractivity contribution in [2.45, 2.75) is 53.1 Å². The lowest BCUT2D eigenvalue weighted by atomic mass is 10.6. The number of rotatable bonds is 18. The van der Waals surface area contributed by atoms with Gasteiger partial charge in [-0.25, -0.2) is 0 Å². The fourth-order valence-electron chi connectivity index (χ4n) is 2.88. The summed E-state index contributed by atoms with van der Waals surface area (Å²) in [6.45, 7) is 15.0. The molecule has 0 radical (unpaired) electrons. The fourth-order valence-corrected chi connectivity index (χ4v) is 14.4. The third kappa shape index (κ3) is 8.23. The molecule has 0 aromatic carbocycles. The zero-order valence-corrected chi connectivity index (χ0v) is 23.1. The van der Waals surface area contributed by atoms with Crippen molar-refractivity contribution in [3.8, 4) is 0 Å². The van der Waals surface area contributed by atoms with E-state index >= 15 is 0 Å². The van der Waals surface area contributed by atoms with Gasteiger partial charge in [-0.05, 0) is 48.0 Å². The summed E-state index contributed by atoms with van der Waals surface area (Å²) in [6.07, 6.45) is 0.832. The fraction of sp³-hybridized carbons (Fsp3) is 1.00. The molecule has 11 heteroatoms. The quantitative estimate of drug-likeness (QED) is 0.175. The van der Waals surface area contributed by atoms with Crippen molar-refractivity contribution in [1.82, 2.24) is 0 Å². The highest BCUT2D eigenvalue weighted by atomic mass is 33.2. The van der Waals surface area contributed by atoms with E-state index in [1.807, 2.05) is 62.6 Å².